The molecule has 1 aliphatic rings. The monoisotopic (exact) mass is 293 g/mol. The van der Waals surface area contributed by atoms with E-state index in [0.29, 0.717) is 11.6 Å². The molecule has 0 aromatic carbocycles. The van der Waals surface area contributed by atoms with Gasteiger partial charge in [-0.05, 0) is 39.8 Å². The molecule has 1 aromatic heterocycles. The minimum absolute atomic E-state index is 0.336. The Hall–Kier alpha value is -2.31. The van der Waals surface area contributed by atoms with Gasteiger partial charge in [0.05, 0.1) is 0 Å². The van der Waals surface area contributed by atoms with Gasteiger partial charge >= 0.3 is 6.09 Å². The number of alkyl carbamates (subject to hydrolysis) is 1. The quantitative estimate of drug-likeness (QED) is 0.822. The Kier molecular flexibility index (Phi) is 4.02. The third-order valence-corrected chi connectivity index (χ3v) is 2.75. The lowest BCUT2D eigenvalue weighted by Gasteiger charge is -2.24. The summed E-state index contributed by atoms with van der Waals surface area (Å²) in [7, 11) is 0. The van der Waals surface area contributed by atoms with Crippen LogP contribution in [0.25, 0.3) is 0 Å². The number of aromatic nitrogens is 1. The Balaban J connectivity index is 2.11. The first-order chi connectivity index (χ1) is 9.76. The molecule has 0 aliphatic carbocycles. The number of amides is 2. The van der Waals surface area contributed by atoms with Crippen LogP contribution in [0.15, 0.2) is 18.3 Å². The lowest BCUT2D eigenvalue weighted by molar-refractivity contribution is -0.119. The number of ether oxygens (including phenoxy) is 2. The Morgan fingerprint density at radius 2 is 2.19 bits per heavy atom. The summed E-state index contributed by atoms with van der Waals surface area (Å²) in [6, 6.07) is 2.54. The van der Waals surface area contributed by atoms with E-state index in [0.717, 1.165) is 0 Å². The van der Waals surface area contributed by atoms with Crippen molar-refractivity contribution >= 4 is 17.8 Å². The third kappa shape index (κ3) is 3.84. The first-order valence-corrected chi connectivity index (χ1v) is 6.68. The maximum atomic E-state index is 12.2. The molecule has 0 spiro atoms. The van der Waals surface area contributed by atoms with Crippen LogP contribution in [-0.2, 0) is 9.53 Å². The van der Waals surface area contributed by atoms with Crippen molar-refractivity contribution in [3.05, 3.63) is 18.3 Å². The van der Waals surface area contributed by atoms with Gasteiger partial charge < -0.3 is 20.1 Å². The maximum absolute atomic E-state index is 12.2. The maximum Gasteiger partial charge on any atom is 0.408 e. The van der Waals surface area contributed by atoms with Gasteiger partial charge in [0.25, 0.3) is 5.91 Å². The average molecular weight is 293 g/mol. The van der Waals surface area contributed by atoms with Gasteiger partial charge in [-0.25, -0.2) is 9.78 Å². The smallest absolute Gasteiger partial charge is 0.408 e. The summed E-state index contributed by atoms with van der Waals surface area (Å²) < 4.78 is 10.8. The van der Waals surface area contributed by atoms with E-state index in [2.05, 4.69) is 15.6 Å². The number of nitrogens with zero attached hydrogens (tertiary/aromatic N) is 1. The van der Waals surface area contributed by atoms with E-state index in [-0.39, 0.29) is 0 Å². The van der Waals surface area contributed by atoms with Crippen LogP contribution in [-0.4, -0.2) is 34.7 Å². The van der Waals surface area contributed by atoms with Crippen molar-refractivity contribution in [2.75, 3.05) is 5.32 Å². The van der Waals surface area contributed by atoms with E-state index >= 15 is 0 Å². The molecular weight excluding hydrogens is 274 g/mol. The molecular formula is C14H19N3O4. The van der Waals surface area contributed by atoms with E-state index in [1.165, 1.54) is 0 Å². The molecule has 7 nitrogen and oxygen atoms in total. The number of fused-ring (bicyclic) bond motifs is 1. The number of hydrogen-bond acceptors (Lipinski definition) is 5. The molecule has 2 heterocycles. The summed E-state index contributed by atoms with van der Waals surface area (Å²) in [5, 5.41) is 5.15. The lowest BCUT2D eigenvalue weighted by Crippen LogP contribution is -2.52. The molecule has 1 aliphatic heterocycles. The average Bonchev–Trinajstić information content (AvgIpc) is 2.46. The van der Waals surface area contributed by atoms with Crippen LogP contribution in [0.2, 0.25) is 0 Å². The number of rotatable bonds is 1. The van der Waals surface area contributed by atoms with Gasteiger partial charge in [0.15, 0.2) is 11.6 Å². The zero-order valence-corrected chi connectivity index (χ0v) is 12.5. The first-order valence-electron chi connectivity index (χ1n) is 6.68. The van der Waals surface area contributed by atoms with E-state index in [9.17, 15) is 9.59 Å². The fourth-order valence-corrected chi connectivity index (χ4v) is 1.87. The highest BCUT2D eigenvalue weighted by Gasteiger charge is 2.34. The van der Waals surface area contributed by atoms with Crippen molar-refractivity contribution < 1.29 is 19.1 Å². The van der Waals surface area contributed by atoms with Crippen molar-refractivity contribution in [2.24, 2.45) is 0 Å². The van der Waals surface area contributed by atoms with E-state index in [4.69, 9.17) is 9.47 Å². The normalized spacial score (nSPS) is 21.4. The molecule has 0 radical (unpaired) electrons. The highest BCUT2D eigenvalue weighted by molar-refractivity contribution is 5.98. The van der Waals surface area contributed by atoms with Gasteiger partial charge in [0, 0.05) is 6.20 Å². The summed E-state index contributed by atoms with van der Waals surface area (Å²) in [6.07, 6.45) is 0.328. The lowest BCUT2D eigenvalue weighted by atomic mass is 10.1. The van der Waals surface area contributed by atoms with Crippen LogP contribution in [0.5, 0.6) is 5.75 Å². The molecule has 0 fully saturated rings. The van der Waals surface area contributed by atoms with E-state index < -0.39 is 29.7 Å². The molecule has 2 rings (SSSR count). The second-order valence-corrected chi connectivity index (χ2v) is 5.79. The zero-order valence-electron chi connectivity index (χ0n) is 12.5. The van der Waals surface area contributed by atoms with Gasteiger partial charge in [-0.3, -0.25) is 4.79 Å². The zero-order chi connectivity index (χ0) is 15.6. The van der Waals surface area contributed by atoms with Gasteiger partial charge in [-0.15, -0.1) is 0 Å². The third-order valence-electron chi connectivity index (χ3n) is 2.75. The largest absolute Gasteiger partial charge is 0.484 e. The number of nitrogens with one attached hydrogen (secondary N) is 2. The van der Waals surface area contributed by atoms with Crippen molar-refractivity contribution in [3.63, 3.8) is 0 Å². The topological polar surface area (TPSA) is 89.5 Å². The molecule has 0 saturated carbocycles. The Morgan fingerprint density at radius 3 is 2.86 bits per heavy atom. The molecule has 7 heteroatoms. The summed E-state index contributed by atoms with van der Waals surface area (Å²) >= 11 is 0. The standard InChI is InChI=1S/C14H19N3O4/c1-8-10(16-13(19)21-14(2,3)4)12(18)17-11-9(20-8)6-5-7-15-11/h5-8,10H,1-4H3,(H,16,19)(H,15,17,18)/t8-,10+/m1/s1. The molecule has 114 valence electrons. The molecule has 1 aromatic rings. The fraction of sp³-hybridized carbons (Fsp3) is 0.500. The van der Waals surface area contributed by atoms with Gasteiger partial charge in [-0.2, -0.15) is 0 Å². The van der Waals surface area contributed by atoms with Crippen LogP contribution >= 0.6 is 0 Å². The molecule has 0 saturated heterocycles. The minimum Gasteiger partial charge on any atom is -0.484 e. The molecule has 2 amide bonds. The predicted octanol–water partition coefficient (Wildman–Crippen LogP) is 1.69. The highest BCUT2D eigenvalue weighted by atomic mass is 16.6. The van der Waals surface area contributed by atoms with Crippen LogP contribution in [0.1, 0.15) is 27.7 Å². The number of carbonyl (C=O) groups is 2. The van der Waals surface area contributed by atoms with Crippen LogP contribution in [0, 0.1) is 0 Å². The number of anilines is 1. The Morgan fingerprint density at radius 1 is 1.48 bits per heavy atom. The second kappa shape index (κ2) is 5.59. The summed E-state index contributed by atoms with van der Waals surface area (Å²) in [4.78, 5) is 28.0. The molecule has 2 N–H and O–H groups in total. The predicted molar refractivity (Wildman–Crippen MR) is 76.1 cm³/mol. The summed E-state index contributed by atoms with van der Waals surface area (Å²) in [6.45, 7) is 6.95. The fourth-order valence-electron chi connectivity index (χ4n) is 1.87. The second-order valence-electron chi connectivity index (χ2n) is 5.79. The molecule has 2 atom stereocenters. The molecule has 0 unspecified atom stereocenters. The van der Waals surface area contributed by atoms with Crippen molar-refractivity contribution in [1.82, 2.24) is 10.3 Å². The van der Waals surface area contributed by atoms with Gasteiger partial charge in [0.2, 0.25) is 0 Å². The first kappa shape index (κ1) is 15.1. The van der Waals surface area contributed by atoms with E-state index in [1.807, 2.05) is 0 Å². The van der Waals surface area contributed by atoms with Gasteiger partial charge in [-0.1, -0.05) is 0 Å². The van der Waals surface area contributed by atoms with E-state index in [1.54, 1.807) is 46.0 Å². The van der Waals surface area contributed by atoms with Crippen molar-refractivity contribution in [3.8, 4) is 5.75 Å². The van der Waals surface area contributed by atoms with Crippen molar-refractivity contribution in [2.45, 2.75) is 45.4 Å². The van der Waals surface area contributed by atoms with Crippen molar-refractivity contribution in [1.29, 1.82) is 0 Å². The van der Waals surface area contributed by atoms with Gasteiger partial charge in [0.1, 0.15) is 17.7 Å². The highest BCUT2D eigenvalue weighted by Crippen LogP contribution is 2.26. The van der Waals surface area contributed by atoms with Crippen LogP contribution in [0.4, 0.5) is 10.6 Å². The number of hydrogen-bond donors (Lipinski definition) is 2. The van der Waals surface area contributed by atoms with Crippen LogP contribution < -0.4 is 15.4 Å². The summed E-state index contributed by atoms with van der Waals surface area (Å²) in [5.74, 6) is 0.403. The molecule has 0 bridgehead atoms. The number of carbonyl (C=O) groups excluding carboxylic acids is 2. The number of pyridine rings is 1. The minimum atomic E-state index is -0.867. The molecule has 21 heavy (non-hydrogen) atoms. The Labute approximate surface area is 123 Å². The summed E-state index contributed by atoms with van der Waals surface area (Å²) in [5.41, 5.74) is -0.639. The SMILES string of the molecule is C[C@H]1Oc2cccnc2NC(=O)[C@H]1NC(=O)OC(C)(C)C. The Bertz CT molecular complexity index is 553. The van der Waals surface area contributed by atoms with Crippen LogP contribution in [0.3, 0.4) is 0 Å².